The van der Waals surface area contributed by atoms with E-state index in [1.54, 1.807) is 13.8 Å². The van der Waals surface area contributed by atoms with Gasteiger partial charge in [0.15, 0.2) is 5.78 Å². The van der Waals surface area contributed by atoms with Crippen molar-refractivity contribution >= 4 is 11.6 Å². The van der Waals surface area contributed by atoms with Crippen LogP contribution >= 0.6 is 0 Å². The molecule has 0 saturated heterocycles. The Hall–Kier alpha value is -1.38. The maximum Gasteiger partial charge on any atom is 0.173 e. The molecule has 0 aliphatic heterocycles. The van der Waals surface area contributed by atoms with Crippen molar-refractivity contribution in [2.24, 2.45) is 5.92 Å². The first kappa shape index (κ1) is 9.71. The molecule has 1 rings (SSSR count). The Morgan fingerprint density at radius 1 is 1.46 bits per heavy atom. The largest absolute Gasteiger partial charge is 0.508 e. The smallest absolute Gasteiger partial charge is 0.173 e. The molecule has 1 N–H and O–H groups in total. The highest BCUT2D eigenvalue weighted by Gasteiger charge is 2.29. The summed E-state index contributed by atoms with van der Waals surface area (Å²) in [4.78, 5) is 22.4. The van der Waals surface area contributed by atoms with E-state index in [9.17, 15) is 14.7 Å². The van der Waals surface area contributed by atoms with Gasteiger partial charge in [-0.3, -0.25) is 9.59 Å². The Bertz CT molecular complexity index is 334. The number of carbonyl (C=O) groups is 2. The maximum absolute atomic E-state index is 11.3. The van der Waals surface area contributed by atoms with Crippen LogP contribution < -0.4 is 0 Å². The number of Topliss-reactive ketones (excluding diaryl/α,β-unsaturated/α-hetero) is 1. The van der Waals surface area contributed by atoms with Crippen LogP contribution in [0.1, 0.15) is 20.8 Å². The molecule has 0 spiro atoms. The summed E-state index contributed by atoms with van der Waals surface area (Å²) in [5.74, 6) is -1.21. The van der Waals surface area contributed by atoms with E-state index in [1.165, 1.54) is 6.92 Å². The van der Waals surface area contributed by atoms with Crippen LogP contribution in [0.2, 0.25) is 0 Å². The van der Waals surface area contributed by atoms with Gasteiger partial charge in [0.2, 0.25) is 0 Å². The van der Waals surface area contributed by atoms with E-state index < -0.39 is 5.92 Å². The molecule has 0 aromatic heterocycles. The molecular formula is C10H12O3. The zero-order valence-electron chi connectivity index (χ0n) is 7.92. The summed E-state index contributed by atoms with van der Waals surface area (Å²) in [5.41, 5.74) is 1.28. The minimum atomic E-state index is -0.684. The van der Waals surface area contributed by atoms with Crippen LogP contribution in [0.15, 0.2) is 23.0 Å². The molecule has 3 nitrogen and oxygen atoms in total. The van der Waals surface area contributed by atoms with Gasteiger partial charge in [-0.1, -0.05) is 0 Å². The van der Waals surface area contributed by atoms with Crippen molar-refractivity contribution in [3.63, 3.8) is 0 Å². The van der Waals surface area contributed by atoms with Gasteiger partial charge in [0.25, 0.3) is 0 Å². The van der Waals surface area contributed by atoms with Crippen molar-refractivity contribution in [3.8, 4) is 0 Å². The number of ketones is 2. The molecule has 0 saturated carbocycles. The summed E-state index contributed by atoms with van der Waals surface area (Å²) >= 11 is 0. The van der Waals surface area contributed by atoms with Crippen molar-refractivity contribution in [3.05, 3.63) is 23.0 Å². The summed E-state index contributed by atoms with van der Waals surface area (Å²) in [6, 6.07) is 0. The highest BCUT2D eigenvalue weighted by molar-refractivity contribution is 6.10. The van der Waals surface area contributed by atoms with Gasteiger partial charge < -0.3 is 5.11 Å². The van der Waals surface area contributed by atoms with E-state index in [4.69, 9.17) is 0 Å². The topological polar surface area (TPSA) is 54.4 Å². The van der Waals surface area contributed by atoms with Crippen molar-refractivity contribution in [1.82, 2.24) is 0 Å². The summed E-state index contributed by atoms with van der Waals surface area (Å²) in [5, 5.41) is 9.29. The van der Waals surface area contributed by atoms with Gasteiger partial charge in [0.05, 0.1) is 0 Å². The van der Waals surface area contributed by atoms with Gasteiger partial charge in [-0.2, -0.15) is 0 Å². The summed E-state index contributed by atoms with van der Waals surface area (Å²) in [6.45, 7) is 4.78. The number of aliphatic hydroxyl groups is 1. The maximum atomic E-state index is 11.3. The Labute approximate surface area is 76.8 Å². The number of allylic oxidation sites excluding steroid dienone is 3. The number of rotatable bonds is 1. The van der Waals surface area contributed by atoms with Gasteiger partial charge in [0.1, 0.15) is 17.5 Å². The normalized spacial score (nSPS) is 23.2. The third-order valence-corrected chi connectivity index (χ3v) is 2.38. The van der Waals surface area contributed by atoms with Crippen molar-refractivity contribution in [2.75, 3.05) is 0 Å². The van der Waals surface area contributed by atoms with Gasteiger partial charge in [0, 0.05) is 6.08 Å². The predicted octanol–water partition coefficient (Wildman–Crippen LogP) is 1.55. The fourth-order valence-corrected chi connectivity index (χ4v) is 1.46. The minimum absolute atomic E-state index is 0.0278. The van der Waals surface area contributed by atoms with Crippen LogP contribution in [0, 0.1) is 5.92 Å². The van der Waals surface area contributed by atoms with Gasteiger partial charge in [-0.15, -0.1) is 0 Å². The lowest BCUT2D eigenvalue weighted by Gasteiger charge is -2.19. The van der Waals surface area contributed by atoms with Crippen LogP contribution in [-0.2, 0) is 9.59 Å². The van der Waals surface area contributed by atoms with E-state index in [0.29, 0.717) is 11.1 Å². The first-order valence-corrected chi connectivity index (χ1v) is 4.08. The third-order valence-electron chi connectivity index (χ3n) is 2.38. The monoisotopic (exact) mass is 180 g/mol. The van der Waals surface area contributed by atoms with E-state index in [1.807, 2.05) is 0 Å². The Morgan fingerprint density at radius 2 is 2.00 bits per heavy atom. The highest BCUT2D eigenvalue weighted by Crippen LogP contribution is 2.26. The van der Waals surface area contributed by atoms with E-state index in [-0.39, 0.29) is 17.3 Å². The molecule has 0 fully saturated rings. The zero-order chi connectivity index (χ0) is 10.2. The third kappa shape index (κ3) is 1.54. The molecule has 70 valence electrons. The predicted molar refractivity (Wildman–Crippen MR) is 48.3 cm³/mol. The summed E-state index contributed by atoms with van der Waals surface area (Å²) in [6.07, 6.45) is 1.12. The second kappa shape index (κ2) is 3.17. The number of aliphatic hydroxyl groups excluding tert-OH is 1. The second-order valence-corrected chi connectivity index (χ2v) is 3.28. The summed E-state index contributed by atoms with van der Waals surface area (Å²) in [7, 11) is 0. The molecular weight excluding hydrogens is 168 g/mol. The van der Waals surface area contributed by atoms with Crippen LogP contribution in [0.3, 0.4) is 0 Å². The molecule has 0 radical (unpaired) electrons. The molecule has 0 heterocycles. The molecule has 1 aliphatic carbocycles. The fourth-order valence-electron chi connectivity index (χ4n) is 1.46. The van der Waals surface area contributed by atoms with Crippen LogP contribution in [-0.4, -0.2) is 16.7 Å². The molecule has 1 atom stereocenters. The molecule has 0 bridgehead atoms. The van der Waals surface area contributed by atoms with Gasteiger partial charge >= 0.3 is 0 Å². The van der Waals surface area contributed by atoms with E-state index >= 15 is 0 Å². The lowest BCUT2D eigenvalue weighted by atomic mass is 9.84. The van der Waals surface area contributed by atoms with Gasteiger partial charge in [-0.25, -0.2) is 0 Å². The molecule has 1 unspecified atom stereocenters. The van der Waals surface area contributed by atoms with Crippen LogP contribution in [0.5, 0.6) is 0 Å². The Kier molecular flexibility index (Phi) is 2.36. The minimum Gasteiger partial charge on any atom is -0.508 e. The molecule has 13 heavy (non-hydrogen) atoms. The van der Waals surface area contributed by atoms with Gasteiger partial charge in [-0.05, 0) is 31.9 Å². The standard InChI is InChI=1S/C10H12O3/c1-5-6(2)10(7(3)11)9(13)4-8(5)12/h4,10,12H,1-3H3. The molecule has 3 heteroatoms. The average Bonchev–Trinajstić information content (AvgIpc) is 1.99. The number of hydrogen-bond acceptors (Lipinski definition) is 3. The van der Waals surface area contributed by atoms with Crippen LogP contribution in [0.25, 0.3) is 0 Å². The number of carbonyl (C=O) groups excluding carboxylic acids is 2. The highest BCUT2D eigenvalue weighted by atomic mass is 16.3. The zero-order valence-corrected chi connectivity index (χ0v) is 7.92. The second-order valence-electron chi connectivity index (χ2n) is 3.28. The average molecular weight is 180 g/mol. The van der Waals surface area contributed by atoms with Crippen LogP contribution in [0.4, 0.5) is 0 Å². The lowest BCUT2D eigenvalue weighted by molar-refractivity contribution is -0.127. The Balaban J connectivity index is 3.19. The van der Waals surface area contributed by atoms with Crippen molar-refractivity contribution < 1.29 is 14.7 Å². The first-order valence-electron chi connectivity index (χ1n) is 4.08. The van der Waals surface area contributed by atoms with Crippen molar-refractivity contribution in [2.45, 2.75) is 20.8 Å². The van der Waals surface area contributed by atoms with E-state index in [0.717, 1.165) is 6.08 Å². The lowest BCUT2D eigenvalue weighted by Crippen LogP contribution is -2.25. The SMILES string of the molecule is CC(=O)C1C(=O)C=C(O)C(C)=C1C. The molecule has 0 amide bonds. The first-order chi connectivity index (χ1) is 5.95. The van der Waals surface area contributed by atoms with E-state index in [2.05, 4.69) is 0 Å². The molecule has 0 aromatic rings. The fraction of sp³-hybridized carbons (Fsp3) is 0.400. The summed E-state index contributed by atoms with van der Waals surface area (Å²) < 4.78 is 0. The quantitative estimate of drug-likeness (QED) is 0.623. The molecule has 0 aromatic carbocycles. The Morgan fingerprint density at radius 3 is 2.46 bits per heavy atom. The molecule has 1 aliphatic rings. The number of hydrogen-bond donors (Lipinski definition) is 1. The van der Waals surface area contributed by atoms with Crippen molar-refractivity contribution in [1.29, 1.82) is 0 Å².